The molecule has 3 N–H and O–H groups in total. The van der Waals surface area contributed by atoms with Crippen LogP contribution in [-0.4, -0.2) is 94.2 Å². The highest BCUT2D eigenvalue weighted by Gasteiger charge is 2.22. The number of rotatable bonds is 40. The molecule has 8 heteroatoms. The predicted octanol–water partition coefficient (Wildman–Crippen LogP) is 9.87. The normalized spacial score (nSPS) is 12.6. The first-order valence-electron chi connectivity index (χ1n) is 22.0. The molecule has 0 radical (unpaired) electrons. The number of carbonyl (C=O) groups is 2. The van der Waals surface area contributed by atoms with E-state index in [1.807, 2.05) is 0 Å². The fraction of sp³-hybridized carbons (Fsp3) is 0.702. The molecule has 0 aliphatic heterocycles. The van der Waals surface area contributed by atoms with E-state index in [1.165, 1.54) is 38.5 Å². The van der Waals surface area contributed by atoms with Gasteiger partial charge in [0.2, 0.25) is 11.8 Å². The topological polar surface area (TPSA) is 96.9 Å². The molecule has 0 aromatic carbocycles. The Kier molecular flexibility index (Phi) is 40.2. The van der Waals surface area contributed by atoms with E-state index in [2.05, 4.69) is 104 Å². The van der Waals surface area contributed by atoms with Gasteiger partial charge in [-0.1, -0.05) is 125 Å². The molecule has 0 rings (SSSR count). The molecule has 0 aliphatic carbocycles. The number of unbranched alkanes of at least 4 members (excludes halogenated alkanes) is 10. The van der Waals surface area contributed by atoms with Crippen LogP contribution in [0.2, 0.25) is 0 Å². The number of carbonyl (C=O) groups excluding carboxylic acids is 2. The molecule has 0 aromatic heterocycles. The van der Waals surface area contributed by atoms with E-state index >= 15 is 0 Å². The number of likely N-dealkylation sites (N-methyl/N-ethyl adjacent to an activating group) is 1. The van der Waals surface area contributed by atoms with Crippen LogP contribution < -0.4 is 10.6 Å². The van der Waals surface area contributed by atoms with E-state index in [4.69, 9.17) is 14.6 Å². The van der Waals surface area contributed by atoms with Crippen LogP contribution in [0.3, 0.4) is 0 Å². The molecule has 0 atom stereocenters. The quantitative estimate of drug-likeness (QED) is 0.0328. The average molecular weight is 771 g/mol. The second-order valence-electron chi connectivity index (χ2n) is 14.6. The Morgan fingerprint density at radius 3 is 1.31 bits per heavy atom. The first-order chi connectivity index (χ1) is 27.0. The summed E-state index contributed by atoms with van der Waals surface area (Å²) in [5.41, 5.74) is 0. The number of aliphatic hydroxyl groups excluding tert-OH is 1. The third-order valence-electron chi connectivity index (χ3n) is 9.44. The van der Waals surface area contributed by atoms with Gasteiger partial charge in [-0.15, -0.1) is 0 Å². The smallest absolute Gasteiger partial charge is 0.220 e. The number of aliphatic hydroxyl groups is 1. The van der Waals surface area contributed by atoms with Crippen LogP contribution in [0.15, 0.2) is 72.9 Å². The van der Waals surface area contributed by atoms with Crippen molar-refractivity contribution in [3.8, 4) is 0 Å². The first kappa shape index (κ1) is 52.2. The number of amides is 2. The molecule has 0 aliphatic rings. The van der Waals surface area contributed by atoms with Crippen LogP contribution >= 0.6 is 0 Å². The summed E-state index contributed by atoms with van der Waals surface area (Å²) in [7, 11) is 2.17. The van der Waals surface area contributed by atoms with Gasteiger partial charge in [-0.2, -0.15) is 0 Å². The predicted molar refractivity (Wildman–Crippen MR) is 234 cm³/mol. The monoisotopic (exact) mass is 771 g/mol. The lowest BCUT2D eigenvalue weighted by molar-refractivity contribution is -0.907. The number of hydrogen-bond donors (Lipinski definition) is 3. The van der Waals surface area contributed by atoms with Gasteiger partial charge in [-0.05, 0) is 77.0 Å². The van der Waals surface area contributed by atoms with Gasteiger partial charge < -0.3 is 29.7 Å². The van der Waals surface area contributed by atoms with Crippen molar-refractivity contribution in [1.82, 2.24) is 10.6 Å². The third kappa shape index (κ3) is 40.7. The van der Waals surface area contributed by atoms with Gasteiger partial charge in [-0.25, -0.2) is 0 Å². The lowest BCUT2D eigenvalue weighted by Gasteiger charge is -2.34. The van der Waals surface area contributed by atoms with Crippen LogP contribution in [0.4, 0.5) is 0 Å². The van der Waals surface area contributed by atoms with Crippen molar-refractivity contribution in [3.05, 3.63) is 72.9 Å². The van der Waals surface area contributed by atoms with Gasteiger partial charge in [0.1, 0.15) is 6.54 Å². The van der Waals surface area contributed by atoms with Crippen molar-refractivity contribution in [3.63, 3.8) is 0 Å². The molecule has 316 valence electrons. The average Bonchev–Trinajstić information content (AvgIpc) is 3.17. The molecule has 8 nitrogen and oxygen atoms in total. The molecule has 2 amide bonds. The van der Waals surface area contributed by atoms with Gasteiger partial charge in [-0.3, -0.25) is 9.59 Å². The van der Waals surface area contributed by atoms with Gasteiger partial charge in [0.15, 0.2) is 0 Å². The van der Waals surface area contributed by atoms with Gasteiger partial charge in [0.05, 0.1) is 66.3 Å². The molecule has 55 heavy (non-hydrogen) atoms. The van der Waals surface area contributed by atoms with Crippen molar-refractivity contribution < 1.29 is 28.7 Å². The maximum Gasteiger partial charge on any atom is 0.220 e. The molecule has 0 spiro atoms. The maximum absolute atomic E-state index is 12.6. The third-order valence-corrected chi connectivity index (χ3v) is 9.44. The Balaban J connectivity index is 4.23. The zero-order valence-corrected chi connectivity index (χ0v) is 35.7. The summed E-state index contributed by atoms with van der Waals surface area (Å²) in [5, 5.41) is 15.1. The van der Waals surface area contributed by atoms with E-state index in [1.54, 1.807) is 0 Å². The standard InChI is InChI=1S/C47H83N3O5/c1-4-6-8-10-12-14-16-18-20-22-24-26-28-30-32-34-46(52)48-36-38-50(3,40-42-54-44-45-55-43-41-51)39-37-49-47(53)35-33-31-29-27-25-23-21-19-17-15-13-11-9-7-5-2/h6-9,12-15,18-21,51H,4-5,10-11,16-17,22-45H2,1-3H3,(H-,48,49,52,53)/p+1/b8-6-,9-7-,14-12-,15-13-,20-18-,21-19-. The van der Waals surface area contributed by atoms with Crippen molar-refractivity contribution in [2.45, 2.75) is 142 Å². The summed E-state index contributed by atoms with van der Waals surface area (Å²) in [4.78, 5) is 25.2. The molecule has 0 fully saturated rings. The zero-order valence-electron chi connectivity index (χ0n) is 35.7. The lowest BCUT2D eigenvalue weighted by Crippen LogP contribution is -2.53. The van der Waals surface area contributed by atoms with Crippen LogP contribution in [0.5, 0.6) is 0 Å². The molecule has 0 heterocycles. The van der Waals surface area contributed by atoms with Crippen molar-refractivity contribution >= 4 is 11.8 Å². The first-order valence-corrected chi connectivity index (χ1v) is 22.0. The summed E-state index contributed by atoms with van der Waals surface area (Å²) in [6.07, 6.45) is 47.7. The summed E-state index contributed by atoms with van der Waals surface area (Å²) in [5.74, 6) is 0.238. The number of nitrogens with one attached hydrogen (secondary N) is 2. The Labute approximate surface area is 338 Å². The molecular weight excluding hydrogens is 687 g/mol. The summed E-state index contributed by atoms with van der Waals surface area (Å²) >= 11 is 0. The Morgan fingerprint density at radius 1 is 0.491 bits per heavy atom. The Hall–Kier alpha value is -2.78. The van der Waals surface area contributed by atoms with E-state index in [0.29, 0.717) is 56.8 Å². The lowest BCUT2D eigenvalue weighted by atomic mass is 10.1. The maximum atomic E-state index is 12.6. The van der Waals surface area contributed by atoms with E-state index < -0.39 is 0 Å². The Bertz CT molecular complexity index is 979. The van der Waals surface area contributed by atoms with Crippen LogP contribution in [0.25, 0.3) is 0 Å². The minimum absolute atomic E-state index is 0.00881. The van der Waals surface area contributed by atoms with Crippen molar-refractivity contribution in [1.29, 1.82) is 0 Å². The number of quaternary nitrogens is 1. The number of hydrogen-bond acceptors (Lipinski definition) is 5. The molecule has 0 saturated heterocycles. The second-order valence-corrected chi connectivity index (χ2v) is 14.6. The Morgan fingerprint density at radius 2 is 0.873 bits per heavy atom. The fourth-order valence-corrected chi connectivity index (χ4v) is 5.92. The van der Waals surface area contributed by atoms with Crippen LogP contribution in [0, 0.1) is 0 Å². The molecular formula is C47H84N3O5+. The van der Waals surface area contributed by atoms with E-state index in [0.717, 1.165) is 96.7 Å². The highest BCUT2D eigenvalue weighted by molar-refractivity contribution is 5.76. The van der Waals surface area contributed by atoms with Gasteiger partial charge >= 0.3 is 0 Å². The number of ether oxygens (including phenoxy) is 2. The second kappa shape index (κ2) is 42.4. The van der Waals surface area contributed by atoms with Gasteiger partial charge in [0, 0.05) is 12.8 Å². The summed E-state index contributed by atoms with van der Waals surface area (Å²) in [6.45, 7) is 9.65. The SMILES string of the molecule is CC/C=C\C/C=C\C/C=C\CCCCCCCC(=O)NCC[N+](C)(CCNC(=O)CCCCCCC/C=C\C/C=C\C/C=C\CC)CCOCCOCCO. The number of allylic oxidation sites excluding steroid dienone is 12. The van der Waals surface area contributed by atoms with Crippen molar-refractivity contribution in [2.24, 2.45) is 0 Å². The summed E-state index contributed by atoms with van der Waals surface area (Å²) in [6, 6.07) is 0. The highest BCUT2D eigenvalue weighted by Crippen LogP contribution is 2.10. The van der Waals surface area contributed by atoms with Crippen LogP contribution in [-0.2, 0) is 19.1 Å². The van der Waals surface area contributed by atoms with Gasteiger partial charge in [0.25, 0.3) is 0 Å². The molecule has 0 aromatic rings. The highest BCUT2D eigenvalue weighted by atomic mass is 16.5. The van der Waals surface area contributed by atoms with Crippen LogP contribution in [0.1, 0.15) is 142 Å². The van der Waals surface area contributed by atoms with E-state index in [9.17, 15) is 9.59 Å². The zero-order chi connectivity index (χ0) is 40.2. The molecule has 0 unspecified atom stereocenters. The minimum Gasteiger partial charge on any atom is -0.394 e. The largest absolute Gasteiger partial charge is 0.394 e. The minimum atomic E-state index is 0.00881. The molecule has 0 bridgehead atoms. The fourth-order valence-electron chi connectivity index (χ4n) is 5.92. The molecule has 0 saturated carbocycles. The summed E-state index contributed by atoms with van der Waals surface area (Å²) < 4.78 is 11.8. The van der Waals surface area contributed by atoms with E-state index in [-0.39, 0.29) is 18.4 Å². The number of nitrogens with zero attached hydrogens (tertiary/aromatic N) is 1. The van der Waals surface area contributed by atoms with Crippen molar-refractivity contribution in [2.75, 3.05) is 72.8 Å².